The maximum absolute atomic E-state index is 10.0. The monoisotopic (exact) mass is 191 g/mol. The number of carbonyl (C=O) groups is 2. The maximum atomic E-state index is 10.0. The molecule has 1 heterocycles. The van der Waals surface area contributed by atoms with Crippen molar-refractivity contribution in [2.75, 3.05) is 6.61 Å². The quantitative estimate of drug-likeness (QED) is 0.580. The molecule has 78 valence electrons. The lowest BCUT2D eigenvalue weighted by Gasteiger charge is -2.16. The lowest BCUT2D eigenvalue weighted by atomic mass is 10.2. The molecule has 0 unspecified atom stereocenters. The van der Waals surface area contributed by atoms with E-state index in [0.29, 0.717) is 13.0 Å². The third-order valence-electron chi connectivity index (χ3n) is 0.976. The van der Waals surface area contributed by atoms with Crippen LogP contribution in [0.5, 0.6) is 0 Å². The Bertz CT molecular complexity index is 194. The van der Waals surface area contributed by atoms with Gasteiger partial charge < -0.3 is 15.2 Å². The molecule has 0 bridgehead atoms. The van der Waals surface area contributed by atoms with E-state index in [0.717, 1.165) is 0 Å². The van der Waals surface area contributed by atoms with Gasteiger partial charge in [-0.1, -0.05) is 0 Å². The Morgan fingerprint density at radius 1 is 1.62 bits per heavy atom. The van der Waals surface area contributed by atoms with Gasteiger partial charge >= 0.3 is 12.1 Å². The number of nitrogens with two attached hydrogens (primary N) is 1. The van der Waals surface area contributed by atoms with Crippen molar-refractivity contribution < 1.29 is 20.5 Å². The van der Waals surface area contributed by atoms with Gasteiger partial charge in [0.05, 0.1) is 6.42 Å². The SMILES string of the molecule is CC(C)(C)OC(N)=O.O=C1CCO1.[HH]. The molecule has 2 N–H and O–H groups in total. The van der Waals surface area contributed by atoms with E-state index < -0.39 is 11.7 Å². The Balaban J connectivity index is 0. The van der Waals surface area contributed by atoms with Gasteiger partial charge in [0, 0.05) is 1.43 Å². The van der Waals surface area contributed by atoms with Gasteiger partial charge in [0.15, 0.2) is 0 Å². The Labute approximate surface area is 78.7 Å². The minimum absolute atomic E-state index is 0. The standard InChI is InChI=1S/C5H11NO2.C3H4O2.H2/c1-5(2,3)8-4(6)7;4-3-1-2-5-3;/h1-3H3,(H2,6,7);1-2H2;1H. The first-order chi connectivity index (χ1) is 5.81. The van der Waals surface area contributed by atoms with Crippen LogP contribution in [0.1, 0.15) is 28.6 Å². The smallest absolute Gasteiger partial charge is 0.405 e. The molecule has 1 aliphatic rings. The molecule has 13 heavy (non-hydrogen) atoms. The molecule has 0 aromatic carbocycles. The molecular formula is C8H17NO4. The van der Waals surface area contributed by atoms with Crippen molar-refractivity contribution in [3.8, 4) is 0 Å². The number of cyclic esters (lactones) is 1. The topological polar surface area (TPSA) is 78.6 Å². The summed E-state index contributed by atoms with van der Waals surface area (Å²) in [6, 6.07) is 0. The molecule has 1 saturated heterocycles. The average Bonchev–Trinajstić information content (AvgIpc) is 1.78. The maximum Gasteiger partial charge on any atom is 0.405 e. The number of hydrogen-bond acceptors (Lipinski definition) is 4. The summed E-state index contributed by atoms with van der Waals surface area (Å²) in [5, 5.41) is 0. The second kappa shape index (κ2) is 4.69. The Morgan fingerprint density at radius 3 is 2.00 bits per heavy atom. The van der Waals surface area contributed by atoms with Crippen LogP contribution < -0.4 is 5.73 Å². The number of rotatable bonds is 0. The van der Waals surface area contributed by atoms with E-state index >= 15 is 0 Å². The lowest BCUT2D eigenvalue weighted by molar-refractivity contribution is -0.157. The molecule has 0 aromatic heterocycles. The van der Waals surface area contributed by atoms with E-state index in [-0.39, 0.29) is 7.40 Å². The van der Waals surface area contributed by atoms with Crippen molar-refractivity contribution in [2.45, 2.75) is 32.8 Å². The van der Waals surface area contributed by atoms with Crippen LogP contribution in [0.4, 0.5) is 4.79 Å². The van der Waals surface area contributed by atoms with Gasteiger partial charge in [0.2, 0.25) is 0 Å². The summed E-state index contributed by atoms with van der Waals surface area (Å²) < 4.78 is 8.87. The zero-order valence-corrected chi connectivity index (χ0v) is 8.12. The summed E-state index contributed by atoms with van der Waals surface area (Å²) in [6.45, 7) is 5.92. The molecule has 1 amide bonds. The number of ether oxygens (including phenoxy) is 2. The van der Waals surface area contributed by atoms with Crippen LogP contribution >= 0.6 is 0 Å². The van der Waals surface area contributed by atoms with Crippen molar-refractivity contribution in [3.05, 3.63) is 0 Å². The second-order valence-electron chi connectivity index (χ2n) is 3.50. The fourth-order valence-electron chi connectivity index (χ4n) is 0.487. The van der Waals surface area contributed by atoms with Crippen LogP contribution in [-0.4, -0.2) is 24.3 Å². The fourth-order valence-corrected chi connectivity index (χ4v) is 0.487. The number of primary amides is 1. The number of amides is 1. The number of hydrogen-bond donors (Lipinski definition) is 1. The summed E-state index contributed by atoms with van der Waals surface area (Å²) in [7, 11) is 0. The van der Waals surface area contributed by atoms with Crippen LogP contribution in [-0.2, 0) is 14.3 Å². The second-order valence-corrected chi connectivity index (χ2v) is 3.50. The highest BCUT2D eigenvalue weighted by Crippen LogP contribution is 2.04. The highest BCUT2D eigenvalue weighted by Gasteiger charge is 2.12. The number of esters is 1. The van der Waals surface area contributed by atoms with Crippen LogP contribution in [0.15, 0.2) is 0 Å². The highest BCUT2D eigenvalue weighted by molar-refractivity contribution is 5.73. The van der Waals surface area contributed by atoms with Crippen molar-refractivity contribution in [2.24, 2.45) is 5.73 Å². The molecule has 1 rings (SSSR count). The number of carbonyl (C=O) groups excluding carboxylic acids is 2. The third kappa shape index (κ3) is 8.65. The molecule has 5 heteroatoms. The van der Waals surface area contributed by atoms with Gasteiger partial charge in [0.25, 0.3) is 0 Å². The first-order valence-corrected chi connectivity index (χ1v) is 3.95. The molecule has 0 aromatic rings. The summed E-state index contributed by atoms with van der Waals surface area (Å²) in [5.74, 6) is -0.0648. The zero-order chi connectivity index (χ0) is 10.5. The van der Waals surface area contributed by atoms with Gasteiger partial charge in [-0.05, 0) is 20.8 Å². The molecule has 5 nitrogen and oxygen atoms in total. The van der Waals surface area contributed by atoms with Crippen molar-refractivity contribution in [3.63, 3.8) is 0 Å². The van der Waals surface area contributed by atoms with Crippen molar-refractivity contribution in [1.29, 1.82) is 0 Å². The molecule has 0 radical (unpaired) electrons. The van der Waals surface area contributed by atoms with Gasteiger partial charge in [-0.2, -0.15) is 0 Å². The van der Waals surface area contributed by atoms with Gasteiger partial charge in [0.1, 0.15) is 12.2 Å². The predicted octanol–water partition coefficient (Wildman–Crippen LogP) is 1.06. The van der Waals surface area contributed by atoms with Crippen LogP contribution in [0.25, 0.3) is 0 Å². The van der Waals surface area contributed by atoms with E-state index in [1.807, 2.05) is 0 Å². The van der Waals surface area contributed by atoms with E-state index in [9.17, 15) is 9.59 Å². The minimum atomic E-state index is -0.725. The molecule has 0 saturated carbocycles. The van der Waals surface area contributed by atoms with E-state index in [1.165, 1.54) is 0 Å². The Kier molecular flexibility index (Phi) is 4.23. The Morgan fingerprint density at radius 2 is 2.00 bits per heavy atom. The third-order valence-corrected chi connectivity index (χ3v) is 0.976. The van der Waals surface area contributed by atoms with Crippen LogP contribution in [0.2, 0.25) is 0 Å². The largest absolute Gasteiger partial charge is 0.465 e. The van der Waals surface area contributed by atoms with Gasteiger partial charge in [-0.25, -0.2) is 4.79 Å². The van der Waals surface area contributed by atoms with Gasteiger partial charge in [-0.3, -0.25) is 4.79 Å². The molecule has 1 aliphatic heterocycles. The van der Waals surface area contributed by atoms with E-state index in [1.54, 1.807) is 20.8 Å². The van der Waals surface area contributed by atoms with Crippen LogP contribution in [0.3, 0.4) is 0 Å². The molecule has 0 spiro atoms. The van der Waals surface area contributed by atoms with E-state index in [4.69, 9.17) is 5.73 Å². The Hall–Kier alpha value is -1.26. The molecule has 0 aliphatic carbocycles. The highest BCUT2D eigenvalue weighted by atomic mass is 16.6. The van der Waals surface area contributed by atoms with Gasteiger partial charge in [-0.15, -0.1) is 0 Å². The minimum Gasteiger partial charge on any atom is -0.465 e. The first-order valence-electron chi connectivity index (χ1n) is 3.95. The summed E-state index contributed by atoms with van der Waals surface area (Å²) in [6.07, 6.45) is -0.0995. The molecule has 0 atom stereocenters. The normalized spacial score (nSPS) is 14.5. The van der Waals surface area contributed by atoms with Crippen molar-refractivity contribution >= 4 is 12.1 Å². The average molecular weight is 191 g/mol. The zero-order valence-electron chi connectivity index (χ0n) is 8.12. The first kappa shape index (κ1) is 11.7. The van der Waals surface area contributed by atoms with Crippen molar-refractivity contribution in [1.82, 2.24) is 0 Å². The molecule has 1 fully saturated rings. The fraction of sp³-hybridized carbons (Fsp3) is 0.750. The predicted molar refractivity (Wildman–Crippen MR) is 48.1 cm³/mol. The summed E-state index contributed by atoms with van der Waals surface area (Å²) >= 11 is 0. The summed E-state index contributed by atoms with van der Waals surface area (Å²) in [5.41, 5.74) is 4.26. The summed E-state index contributed by atoms with van der Waals surface area (Å²) in [4.78, 5) is 19.7. The van der Waals surface area contributed by atoms with Crippen LogP contribution in [0, 0.1) is 0 Å². The van der Waals surface area contributed by atoms with E-state index in [2.05, 4.69) is 9.47 Å². The molecular weight excluding hydrogens is 174 g/mol. The lowest BCUT2D eigenvalue weighted by Crippen LogP contribution is -2.27.